The number of Topliss-reactive ketones (excluding diaryl/α,β-unsaturated/α-hetero) is 1. The average Bonchev–Trinajstić information content (AvgIpc) is 1.59. The summed E-state index contributed by atoms with van der Waals surface area (Å²) >= 11 is 0. The fourth-order valence-electron chi connectivity index (χ4n) is 0.212. The van der Waals surface area contributed by atoms with Crippen molar-refractivity contribution in [3.8, 4) is 0 Å². The number of ketones is 1. The van der Waals surface area contributed by atoms with Crippen LogP contribution in [0.4, 0.5) is 0 Å². The van der Waals surface area contributed by atoms with E-state index in [2.05, 4.69) is 4.72 Å². The molecule has 4 nitrogen and oxygen atoms in total. The fourth-order valence-corrected chi connectivity index (χ4v) is 2.02. The Balaban J connectivity index is 3.67. The van der Waals surface area contributed by atoms with E-state index in [1.54, 1.807) is 0 Å². The molecule has 0 saturated heterocycles. The van der Waals surface area contributed by atoms with E-state index in [4.69, 9.17) is 0 Å². The standard InChI is InChI=1S/C3H6NO3S.Rf/c1-3(5)2-4-8(6)7;/h2H2,1H3,(H,4,6,7);. The zero-order valence-electron chi connectivity index (χ0n) is 5.05. The van der Waals surface area contributed by atoms with E-state index in [1.165, 1.54) is 6.92 Å². The first-order valence-electron chi connectivity index (χ1n) is 2.24. The van der Waals surface area contributed by atoms with Crippen LogP contribution in [0.15, 0.2) is 0 Å². The van der Waals surface area contributed by atoms with Gasteiger partial charge in [0.25, 0.3) is 0 Å². The second-order valence-corrected chi connectivity index (χ2v) is 13.5. The Bertz CT molecular complexity index is 197. The van der Waals surface area contributed by atoms with Crippen LogP contribution in [-0.4, -0.2) is 20.7 Å². The van der Waals surface area contributed by atoms with Gasteiger partial charge in [-0.3, -0.25) is 0 Å². The van der Waals surface area contributed by atoms with Crippen LogP contribution >= 0.6 is 0 Å². The Morgan fingerprint density at radius 2 is 2.11 bits per heavy atom. The van der Waals surface area contributed by atoms with Crippen LogP contribution < -0.4 is 4.72 Å². The van der Waals surface area contributed by atoms with Crippen molar-refractivity contribution in [1.29, 1.82) is 0 Å². The molecule has 0 aromatic carbocycles. The van der Waals surface area contributed by atoms with E-state index in [-0.39, 0.29) is 12.3 Å². The van der Waals surface area contributed by atoms with Gasteiger partial charge in [-0.25, -0.2) is 0 Å². The Labute approximate surface area is 49.0 Å². The van der Waals surface area contributed by atoms with E-state index in [1.807, 2.05) is 0 Å². The summed E-state index contributed by atoms with van der Waals surface area (Å²) in [5.41, 5.74) is 0. The van der Waals surface area contributed by atoms with Crippen molar-refractivity contribution in [3.05, 3.63) is 0 Å². The third-order valence-electron chi connectivity index (χ3n) is 0.541. The van der Waals surface area contributed by atoms with Gasteiger partial charge >= 0.3 is 48.1 Å². The van der Waals surface area contributed by atoms with Gasteiger partial charge in [0, 0.05) is 0 Å². The van der Waals surface area contributed by atoms with E-state index in [0.717, 1.165) is 0 Å². The Morgan fingerprint density at radius 1 is 1.67 bits per heavy atom. The van der Waals surface area contributed by atoms with Gasteiger partial charge < -0.3 is 0 Å². The first kappa shape index (κ1) is 7.58. The van der Waals surface area contributed by atoms with Crippen LogP contribution in [-0.2, 0) is 15.7 Å². The molecule has 0 saturated carbocycles. The van der Waals surface area contributed by atoms with Gasteiger partial charge in [-0.15, -0.1) is 0 Å². The van der Waals surface area contributed by atoms with E-state index < -0.39 is 10.9 Å². The summed E-state index contributed by atoms with van der Waals surface area (Å²) in [6.07, 6.45) is 0. The van der Waals surface area contributed by atoms with Crippen LogP contribution in [0.3, 0.4) is 0 Å². The summed E-state index contributed by atoms with van der Waals surface area (Å²) in [6, 6.07) is 0. The molecule has 0 unspecified atom stereocenters. The summed E-state index contributed by atoms with van der Waals surface area (Å²) in [5, 5.41) is 0. The Morgan fingerprint density at radius 3 is 2.22 bits per heavy atom. The van der Waals surface area contributed by atoms with E-state index in [0.29, 0.717) is 0 Å². The molecule has 9 heavy (non-hydrogen) atoms. The molecule has 1 N–H and O–H groups in total. The molecule has 0 heterocycles. The van der Waals surface area contributed by atoms with Crippen LogP contribution in [0.25, 0.3) is 0 Å². The van der Waals surface area contributed by atoms with Crippen molar-refractivity contribution in [3.63, 3.8) is 0 Å². The second kappa shape index (κ2) is 2.23. The molecule has 0 aromatic rings. The molecule has 0 radical (unpaired) electrons. The number of nitrogens with one attached hydrogen (secondary N) is 1. The van der Waals surface area contributed by atoms with Gasteiger partial charge in [0.15, 0.2) is 0 Å². The first-order valence-corrected chi connectivity index (χ1v) is 11.7. The van der Waals surface area contributed by atoms with E-state index in [9.17, 15) is 13.2 Å². The van der Waals surface area contributed by atoms with Crippen molar-refractivity contribution >= 4 is 16.7 Å². The van der Waals surface area contributed by atoms with Crippen LogP contribution in [0.1, 0.15) is 6.92 Å². The van der Waals surface area contributed by atoms with Gasteiger partial charge in [0.2, 0.25) is 0 Å². The quantitative estimate of drug-likeness (QED) is 0.655. The summed E-state index contributed by atoms with van der Waals surface area (Å²) in [4.78, 5) is 10.2. The molecular weight excluding hydrogens is 397 g/mol. The van der Waals surface area contributed by atoms with Gasteiger partial charge in [-0.2, -0.15) is 0 Å². The third kappa shape index (κ3) is 6.58. The summed E-state index contributed by atoms with van der Waals surface area (Å²) in [6.45, 7) is 1.28. The predicted octanol–water partition coefficient (Wildman–Crippen LogP) is -1.04. The molecular formula is C3H6NO3RfS. The molecule has 49 valence electrons. The Kier molecular flexibility index (Phi) is 1.88. The van der Waals surface area contributed by atoms with Crippen molar-refractivity contribution in [2.75, 3.05) is 6.54 Å². The summed E-state index contributed by atoms with van der Waals surface area (Å²) < 4.78 is 22.4. The molecule has 0 fully saturated rings. The van der Waals surface area contributed by atoms with Crippen LogP contribution in [0.2, 0.25) is 0 Å². The minimum absolute atomic E-state index is 0.0600. The molecule has 0 amide bonds. The van der Waals surface area contributed by atoms with Crippen LogP contribution in [0.5, 0.6) is 0 Å². The SMILES string of the molecule is CC(=O)CN[S](=O)(=O)[Rf]. The second-order valence-electron chi connectivity index (χ2n) is 1.64. The molecule has 0 spiro atoms. The number of carbonyl (C=O) groups excluding carboxylic acids is 1. The molecule has 0 aliphatic rings. The van der Waals surface area contributed by atoms with Crippen molar-refractivity contribution in [1.82, 2.24) is 4.72 Å². The normalized spacial score (nSPS) is 11.4. The van der Waals surface area contributed by atoms with Gasteiger partial charge in [-0.05, 0) is 0 Å². The van der Waals surface area contributed by atoms with E-state index >= 15 is 0 Å². The molecule has 0 aromatic heterocycles. The maximum atomic E-state index is 10.4. The minimum atomic E-state index is -2.98. The number of hydrogen-bond acceptors (Lipinski definition) is 3. The monoisotopic (exact) mass is 403 g/mol. The summed E-state index contributed by atoms with van der Waals surface area (Å²) in [7, 11) is -2.98. The molecule has 0 bridgehead atoms. The zero-order valence-corrected chi connectivity index (χ0v) is 12.3. The predicted molar refractivity (Wildman–Crippen MR) is 27.6 cm³/mol. The molecule has 0 aliphatic heterocycles. The third-order valence-corrected chi connectivity index (χ3v) is 3.90. The fraction of sp³-hybridized carbons (Fsp3) is 0.667. The van der Waals surface area contributed by atoms with Crippen LogP contribution in [0, 0.1) is 0 Å². The number of rotatable bonds is 3. The molecule has 0 aliphatic carbocycles. The molecule has 6 heteroatoms. The van der Waals surface area contributed by atoms with Gasteiger partial charge in [0.1, 0.15) is 0 Å². The molecule has 0 atom stereocenters. The summed E-state index contributed by atoms with van der Waals surface area (Å²) in [5.74, 6) is -0.161. The number of carbonyl (C=O) groups is 1. The average molecular weight is 403 g/mol. The first-order chi connectivity index (χ1) is 3.92. The Hall–Kier alpha value is -1.42. The topological polar surface area (TPSA) is 63.2 Å². The maximum absolute atomic E-state index is 10.4. The van der Waals surface area contributed by atoms with Crippen molar-refractivity contribution < 1.29 is 13.2 Å². The molecule has 0 rings (SSSR count). The number of hydrogen-bond donors (Lipinski definition) is 1. The van der Waals surface area contributed by atoms with Crippen molar-refractivity contribution in [2.45, 2.75) is 6.92 Å². The van der Waals surface area contributed by atoms with Crippen molar-refractivity contribution in [2.24, 2.45) is 0 Å². The zero-order chi connectivity index (χ0) is 7.49. The van der Waals surface area contributed by atoms with Gasteiger partial charge in [-0.1, -0.05) is 0 Å². The van der Waals surface area contributed by atoms with Gasteiger partial charge in [0.05, 0.1) is 0 Å².